The Morgan fingerprint density at radius 3 is 2.43 bits per heavy atom. The molecule has 1 amide bonds. The molecule has 1 aromatic heterocycles. The lowest BCUT2D eigenvalue weighted by Crippen LogP contribution is -2.41. The van der Waals surface area contributed by atoms with Crippen molar-refractivity contribution >= 4 is 34.5 Å². The molecule has 0 saturated carbocycles. The second-order valence-corrected chi connectivity index (χ2v) is 7.11. The van der Waals surface area contributed by atoms with Crippen LogP contribution in [0.3, 0.4) is 0 Å². The first-order chi connectivity index (χ1) is 9.68. The van der Waals surface area contributed by atoms with Crippen molar-refractivity contribution < 1.29 is 19.2 Å². The summed E-state index contributed by atoms with van der Waals surface area (Å²) in [6.45, 7) is 10.3. The Kier molecular flexibility index (Phi) is 4.32. The topological polar surface area (TPSA) is 71.9 Å². The quantitative estimate of drug-likeness (QED) is 0.864. The zero-order valence-electron chi connectivity index (χ0n) is 13.0. The molecule has 1 aliphatic heterocycles. The maximum absolute atomic E-state index is 11.3. The number of thiazole rings is 1. The largest absolute Gasteiger partial charge is 0.507 e. The minimum absolute atomic E-state index is 0.419. The van der Waals surface area contributed by atoms with E-state index in [2.05, 4.69) is 4.98 Å². The number of carboxylic acid groups (broad SMARTS) is 1. The van der Waals surface area contributed by atoms with Gasteiger partial charge in [0.1, 0.15) is 0 Å². The fraction of sp³-hybridized carbons (Fsp3) is 0.692. The molecule has 8 heteroatoms. The van der Waals surface area contributed by atoms with Crippen molar-refractivity contribution in [2.24, 2.45) is 0 Å². The van der Waals surface area contributed by atoms with Crippen molar-refractivity contribution in [3.05, 3.63) is 6.20 Å². The fourth-order valence-corrected chi connectivity index (χ4v) is 2.86. The van der Waals surface area contributed by atoms with Crippen molar-refractivity contribution in [3.8, 4) is 0 Å². The van der Waals surface area contributed by atoms with Gasteiger partial charge < -0.3 is 14.4 Å². The number of anilines is 1. The lowest BCUT2D eigenvalue weighted by Gasteiger charge is -2.32. The third-order valence-corrected chi connectivity index (χ3v) is 4.95. The van der Waals surface area contributed by atoms with Gasteiger partial charge in [-0.3, -0.25) is 4.90 Å². The van der Waals surface area contributed by atoms with Crippen LogP contribution in [-0.2, 0) is 9.31 Å². The first-order valence-corrected chi connectivity index (χ1v) is 7.81. The SMILES string of the molecule is CCCN(C(=O)O)c1ncc(B2OC(C)(C)C(C)(C)O2)s1. The van der Waals surface area contributed by atoms with E-state index in [0.717, 1.165) is 11.2 Å². The summed E-state index contributed by atoms with van der Waals surface area (Å²) in [6, 6.07) is 0. The van der Waals surface area contributed by atoms with Crippen LogP contribution in [0.5, 0.6) is 0 Å². The molecule has 0 spiro atoms. The number of hydrogen-bond acceptors (Lipinski definition) is 5. The molecule has 0 aliphatic carbocycles. The number of nitrogens with zero attached hydrogens (tertiary/aromatic N) is 2. The van der Waals surface area contributed by atoms with E-state index in [-0.39, 0.29) is 0 Å². The lowest BCUT2D eigenvalue weighted by atomic mass is 9.89. The van der Waals surface area contributed by atoms with Crippen molar-refractivity contribution in [2.45, 2.75) is 52.2 Å². The summed E-state index contributed by atoms with van der Waals surface area (Å²) in [5.74, 6) is 0. The number of aromatic nitrogens is 1. The third kappa shape index (κ3) is 3.07. The Balaban J connectivity index is 2.19. The van der Waals surface area contributed by atoms with E-state index in [4.69, 9.17) is 9.31 Å². The average Bonchev–Trinajstić information content (AvgIpc) is 2.90. The highest BCUT2D eigenvalue weighted by molar-refractivity contribution is 7.25. The van der Waals surface area contributed by atoms with Gasteiger partial charge in [0.15, 0.2) is 5.13 Å². The normalized spacial score (nSPS) is 19.8. The van der Waals surface area contributed by atoms with Crippen molar-refractivity contribution in [1.82, 2.24) is 4.98 Å². The Labute approximate surface area is 129 Å². The molecule has 0 aromatic carbocycles. The highest BCUT2D eigenvalue weighted by atomic mass is 32.1. The van der Waals surface area contributed by atoms with Crippen LogP contribution in [0, 0.1) is 0 Å². The molecule has 21 heavy (non-hydrogen) atoms. The summed E-state index contributed by atoms with van der Waals surface area (Å²) in [7, 11) is -0.501. The third-order valence-electron chi connectivity index (χ3n) is 3.91. The first kappa shape index (κ1) is 16.3. The van der Waals surface area contributed by atoms with Gasteiger partial charge in [0.2, 0.25) is 0 Å². The minimum atomic E-state index is -0.994. The summed E-state index contributed by atoms with van der Waals surface area (Å²) in [6.07, 6.45) is 1.37. The summed E-state index contributed by atoms with van der Waals surface area (Å²) < 4.78 is 12.7. The van der Waals surface area contributed by atoms with Crippen LogP contribution in [0.1, 0.15) is 41.0 Å². The lowest BCUT2D eigenvalue weighted by molar-refractivity contribution is 0.00578. The summed E-state index contributed by atoms with van der Waals surface area (Å²) in [5, 5.41) is 9.68. The monoisotopic (exact) mass is 312 g/mol. The molecule has 0 unspecified atom stereocenters. The van der Waals surface area contributed by atoms with Gasteiger partial charge in [0.25, 0.3) is 0 Å². The van der Waals surface area contributed by atoms with E-state index in [1.165, 1.54) is 16.2 Å². The van der Waals surface area contributed by atoms with E-state index in [0.29, 0.717) is 11.7 Å². The van der Waals surface area contributed by atoms with Crippen molar-refractivity contribution in [1.29, 1.82) is 0 Å². The van der Waals surface area contributed by atoms with Crippen molar-refractivity contribution in [3.63, 3.8) is 0 Å². The molecule has 2 heterocycles. The maximum atomic E-state index is 11.3. The van der Waals surface area contributed by atoms with Gasteiger partial charge in [-0.2, -0.15) is 0 Å². The summed E-state index contributed by atoms with van der Waals surface area (Å²) in [5.41, 5.74) is -0.838. The van der Waals surface area contributed by atoms with E-state index in [9.17, 15) is 9.90 Å². The Morgan fingerprint density at radius 2 is 1.95 bits per heavy atom. The Bertz CT molecular complexity index is 516. The highest BCUT2D eigenvalue weighted by Gasteiger charge is 2.52. The standard InChI is InChI=1S/C13H21BN2O4S/c1-6-7-16(11(17)18)10-15-8-9(21-10)14-19-12(2,3)13(4,5)20-14/h8H,6-7H2,1-5H3,(H,17,18). The molecule has 0 bridgehead atoms. The molecule has 116 valence electrons. The van der Waals surface area contributed by atoms with Crippen LogP contribution in [0.4, 0.5) is 9.93 Å². The number of rotatable bonds is 4. The van der Waals surface area contributed by atoms with Crippen LogP contribution in [-0.4, -0.2) is 41.0 Å². The van der Waals surface area contributed by atoms with E-state index >= 15 is 0 Å². The van der Waals surface area contributed by atoms with Gasteiger partial charge in [0.05, 0.1) is 16.0 Å². The summed E-state index contributed by atoms with van der Waals surface area (Å²) in [4.78, 5) is 16.7. The van der Waals surface area contributed by atoms with Gasteiger partial charge >= 0.3 is 13.2 Å². The van der Waals surface area contributed by atoms with Gasteiger partial charge in [-0.25, -0.2) is 9.78 Å². The second kappa shape index (κ2) is 5.59. The molecule has 1 saturated heterocycles. The zero-order valence-corrected chi connectivity index (χ0v) is 13.9. The molecule has 0 radical (unpaired) electrons. The van der Waals surface area contributed by atoms with E-state index < -0.39 is 24.4 Å². The highest BCUT2D eigenvalue weighted by Crippen LogP contribution is 2.37. The van der Waals surface area contributed by atoms with Gasteiger partial charge in [0, 0.05) is 12.7 Å². The molecule has 6 nitrogen and oxygen atoms in total. The van der Waals surface area contributed by atoms with Crippen LogP contribution < -0.4 is 9.68 Å². The predicted molar refractivity (Wildman–Crippen MR) is 83.5 cm³/mol. The number of amides is 1. The molecule has 1 N–H and O–H groups in total. The zero-order chi connectivity index (χ0) is 15.8. The Hall–Kier alpha value is -1.12. The number of carbonyl (C=O) groups is 1. The van der Waals surface area contributed by atoms with Crippen molar-refractivity contribution in [2.75, 3.05) is 11.4 Å². The molecule has 2 rings (SSSR count). The second-order valence-electron chi connectivity index (χ2n) is 6.07. The van der Waals surface area contributed by atoms with Crippen LogP contribution >= 0.6 is 11.3 Å². The smallest absolute Gasteiger partial charge is 0.465 e. The maximum Gasteiger partial charge on any atom is 0.507 e. The minimum Gasteiger partial charge on any atom is -0.465 e. The van der Waals surface area contributed by atoms with E-state index in [1.54, 1.807) is 6.20 Å². The van der Waals surface area contributed by atoms with E-state index in [1.807, 2.05) is 34.6 Å². The molecule has 1 aliphatic rings. The molecular weight excluding hydrogens is 291 g/mol. The summed E-state index contributed by atoms with van der Waals surface area (Å²) >= 11 is 1.29. The van der Waals surface area contributed by atoms with Crippen LogP contribution in [0.15, 0.2) is 6.20 Å². The van der Waals surface area contributed by atoms with Gasteiger partial charge in [-0.1, -0.05) is 6.92 Å². The molecule has 1 fully saturated rings. The van der Waals surface area contributed by atoms with Crippen LogP contribution in [0.2, 0.25) is 0 Å². The van der Waals surface area contributed by atoms with Crippen LogP contribution in [0.25, 0.3) is 0 Å². The fourth-order valence-electron chi connectivity index (χ4n) is 1.97. The Morgan fingerprint density at radius 1 is 1.38 bits per heavy atom. The molecule has 1 aromatic rings. The van der Waals surface area contributed by atoms with Gasteiger partial charge in [-0.15, -0.1) is 11.3 Å². The molecule has 0 atom stereocenters. The number of hydrogen-bond donors (Lipinski definition) is 1. The van der Waals surface area contributed by atoms with Gasteiger partial charge in [-0.05, 0) is 34.1 Å². The molecular formula is C13H21BN2O4S. The predicted octanol–water partition coefficient (Wildman–Crippen LogP) is 2.34. The first-order valence-electron chi connectivity index (χ1n) is 7.00. The average molecular weight is 312 g/mol.